The van der Waals surface area contributed by atoms with Gasteiger partial charge in [0.05, 0.1) is 18.9 Å². The van der Waals surface area contributed by atoms with E-state index in [1.54, 1.807) is 0 Å². The van der Waals surface area contributed by atoms with Gasteiger partial charge in [-0.25, -0.2) is 9.99 Å². The number of nitrogens with one attached hydrogen (secondary N) is 3. The Morgan fingerprint density at radius 3 is 2.75 bits per heavy atom. The Morgan fingerprint density at radius 2 is 2.00 bits per heavy atom. The van der Waals surface area contributed by atoms with Gasteiger partial charge in [-0.1, -0.05) is 12.1 Å². The Hall–Kier alpha value is -3.35. The maximum atomic E-state index is 4.35. The molecule has 0 saturated carbocycles. The summed E-state index contributed by atoms with van der Waals surface area (Å²) >= 11 is 0. The number of aromatic nitrogens is 3. The number of hydrazine groups is 1. The van der Waals surface area contributed by atoms with E-state index in [-0.39, 0.29) is 0 Å². The molecule has 0 atom stereocenters. The molecule has 0 aromatic carbocycles. The third-order valence-corrected chi connectivity index (χ3v) is 3.50. The van der Waals surface area contributed by atoms with Gasteiger partial charge in [-0.3, -0.25) is 0 Å². The Morgan fingerprint density at radius 1 is 1.12 bits per heavy atom. The molecule has 0 aliphatic rings. The van der Waals surface area contributed by atoms with Crippen molar-refractivity contribution in [1.82, 2.24) is 15.0 Å². The Kier molecular flexibility index (Phi) is 4.71. The number of aromatic amines is 1. The number of hydrogen-bond acceptors (Lipinski definition) is 3. The molecule has 7 nitrogen and oxygen atoms in total. The van der Waals surface area contributed by atoms with Crippen LogP contribution in [0.1, 0.15) is 5.69 Å². The third-order valence-electron chi connectivity index (χ3n) is 3.50. The lowest BCUT2D eigenvalue weighted by atomic mass is 10.4. The van der Waals surface area contributed by atoms with Gasteiger partial charge >= 0.3 is 0 Å². The SMILES string of the molecule is Cn1cccc/c1=N/N=C(\NNc1cccc[n+]1C)c1ccc[nH]1. The molecule has 3 N–H and O–H groups in total. The maximum Gasteiger partial charge on any atom is 0.297 e. The zero-order valence-corrected chi connectivity index (χ0v) is 13.6. The van der Waals surface area contributed by atoms with Crippen molar-refractivity contribution in [3.8, 4) is 0 Å². The summed E-state index contributed by atoms with van der Waals surface area (Å²) in [6.07, 6.45) is 5.74. The van der Waals surface area contributed by atoms with Crippen molar-refractivity contribution in [3.63, 3.8) is 0 Å². The normalized spacial score (nSPS) is 12.2. The second kappa shape index (κ2) is 7.28. The lowest BCUT2D eigenvalue weighted by Crippen LogP contribution is -2.39. The smallest absolute Gasteiger partial charge is 0.297 e. The van der Waals surface area contributed by atoms with Crippen molar-refractivity contribution < 1.29 is 4.57 Å². The van der Waals surface area contributed by atoms with Gasteiger partial charge in [0.25, 0.3) is 5.82 Å². The van der Waals surface area contributed by atoms with Crippen molar-refractivity contribution >= 4 is 11.7 Å². The summed E-state index contributed by atoms with van der Waals surface area (Å²) < 4.78 is 3.87. The van der Waals surface area contributed by atoms with Gasteiger partial charge < -0.3 is 9.55 Å². The number of aryl methyl sites for hydroxylation is 2. The van der Waals surface area contributed by atoms with Gasteiger partial charge in [-0.15, -0.1) is 10.2 Å². The van der Waals surface area contributed by atoms with Crippen molar-refractivity contribution in [3.05, 3.63) is 78.3 Å². The van der Waals surface area contributed by atoms with Crippen LogP contribution in [0.2, 0.25) is 0 Å². The standard InChI is InChI=1S/C17H19N7/c1-23-12-5-3-9-15(23)19-21-17(14-8-7-11-18-14)22-20-16-10-4-6-13-24(16)2/h3-13H,1-2H3,(H2,18,21,22)/p+1/b19-15-. The van der Waals surface area contributed by atoms with E-state index in [1.165, 1.54) is 0 Å². The van der Waals surface area contributed by atoms with Crippen molar-refractivity contribution in [2.45, 2.75) is 0 Å². The molecule has 3 rings (SSSR count). The van der Waals surface area contributed by atoms with Gasteiger partial charge in [0.15, 0.2) is 5.49 Å². The van der Waals surface area contributed by atoms with Crippen LogP contribution >= 0.6 is 0 Å². The second-order valence-electron chi connectivity index (χ2n) is 5.25. The number of pyridine rings is 2. The van der Waals surface area contributed by atoms with Gasteiger partial charge in [0.1, 0.15) is 0 Å². The molecule has 0 aliphatic heterocycles. The van der Waals surface area contributed by atoms with E-state index >= 15 is 0 Å². The molecule has 0 spiro atoms. The van der Waals surface area contributed by atoms with Gasteiger partial charge in [0.2, 0.25) is 5.84 Å². The first-order valence-corrected chi connectivity index (χ1v) is 7.58. The molecular weight excluding hydrogens is 302 g/mol. The fraction of sp³-hybridized carbons (Fsp3) is 0.118. The highest BCUT2D eigenvalue weighted by atomic mass is 15.4. The Bertz CT molecular complexity index is 891. The van der Waals surface area contributed by atoms with Crippen LogP contribution in [-0.2, 0) is 14.1 Å². The molecule has 0 saturated heterocycles. The zero-order valence-electron chi connectivity index (χ0n) is 13.6. The van der Waals surface area contributed by atoms with Crippen molar-refractivity contribution in [1.29, 1.82) is 0 Å². The van der Waals surface area contributed by atoms with E-state index < -0.39 is 0 Å². The first-order valence-electron chi connectivity index (χ1n) is 7.58. The molecule has 0 aliphatic carbocycles. The molecule has 0 unspecified atom stereocenters. The molecule has 0 amide bonds. The number of anilines is 1. The van der Waals surface area contributed by atoms with E-state index in [9.17, 15) is 0 Å². The highest BCUT2D eigenvalue weighted by Gasteiger charge is 2.09. The second-order valence-corrected chi connectivity index (χ2v) is 5.25. The van der Waals surface area contributed by atoms with E-state index in [0.29, 0.717) is 5.84 Å². The average molecular weight is 322 g/mol. The Labute approximate surface area is 140 Å². The topological polar surface area (TPSA) is 73.4 Å². The lowest BCUT2D eigenvalue weighted by Gasteiger charge is -2.06. The highest BCUT2D eigenvalue weighted by Crippen LogP contribution is 1.99. The monoisotopic (exact) mass is 322 g/mol. The first-order chi connectivity index (χ1) is 11.7. The number of amidine groups is 1. The minimum atomic E-state index is 0.590. The highest BCUT2D eigenvalue weighted by molar-refractivity contribution is 5.97. The van der Waals surface area contributed by atoms with Crippen LogP contribution in [0.3, 0.4) is 0 Å². The largest absolute Gasteiger partial charge is 0.359 e. The van der Waals surface area contributed by atoms with Gasteiger partial charge in [-0.2, -0.15) is 5.43 Å². The fourth-order valence-electron chi connectivity index (χ4n) is 2.12. The molecule has 0 bridgehead atoms. The summed E-state index contributed by atoms with van der Waals surface area (Å²) in [6.45, 7) is 0. The van der Waals surface area contributed by atoms with Crippen LogP contribution in [-0.4, -0.2) is 15.4 Å². The van der Waals surface area contributed by atoms with Crippen LogP contribution in [0.4, 0.5) is 5.82 Å². The number of nitrogens with zero attached hydrogens (tertiary/aromatic N) is 4. The van der Waals surface area contributed by atoms with E-state index in [1.807, 2.05) is 90.4 Å². The summed E-state index contributed by atoms with van der Waals surface area (Å²) in [4.78, 5) is 3.13. The maximum absolute atomic E-state index is 4.35. The van der Waals surface area contributed by atoms with E-state index in [4.69, 9.17) is 0 Å². The van der Waals surface area contributed by atoms with Crippen LogP contribution in [0.5, 0.6) is 0 Å². The molecular formula is C17H20N7+. The predicted octanol–water partition coefficient (Wildman–Crippen LogP) is 1.06. The minimum absolute atomic E-state index is 0.590. The van der Waals surface area contributed by atoms with E-state index in [2.05, 4.69) is 26.0 Å². The lowest BCUT2D eigenvalue weighted by molar-refractivity contribution is -0.657. The molecule has 0 fully saturated rings. The predicted molar refractivity (Wildman–Crippen MR) is 92.7 cm³/mol. The molecule has 122 valence electrons. The molecule has 3 heterocycles. The first kappa shape index (κ1) is 15.5. The summed E-state index contributed by atoms with van der Waals surface area (Å²) in [7, 11) is 3.89. The molecule has 24 heavy (non-hydrogen) atoms. The zero-order chi connectivity index (χ0) is 16.8. The van der Waals surface area contributed by atoms with Crippen LogP contribution < -0.4 is 20.9 Å². The quantitative estimate of drug-likeness (QED) is 0.291. The molecule has 3 aromatic heterocycles. The Balaban J connectivity index is 1.88. The fourth-order valence-corrected chi connectivity index (χ4v) is 2.12. The summed E-state index contributed by atoms with van der Waals surface area (Å²) in [5, 5.41) is 8.67. The van der Waals surface area contributed by atoms with Crippen LogP contribution in [0.15, 0.2) is 77.3 Å². The van der Waals surface area contributed by atoms with Crippen LogP contribution in [0, 0.1) is 0 Å². The third kappa shape index (κ3) is 3.70. The minimum Gasteiger partial charge on any atom is -0.359 e. The summed E-state index contributed by atoms with van der Waals surface area (Å²) in [5.41, 5.74) is 7.86. The van der Waals surface area contributed by atoms with Gasteiger partial charge in [-0.05, 0) is 30.3 Å². The average Bonchev–Trinajstić information content (AvgIpc) is 3.12. The number of hydrogen-bond donors (Lipinski definition) is 3. The van der Waals surface area contributed by atoms with Crippen molar-refractivity contribution in [2.24, 2.45) is 24.3 Å². The summed E-state index contributed by atoms with van der Waals surface area (Å²) in [5.74, 6) is 1.50. The van der Waals surface area contributed by atoms with Crippen LogP contribution in [0.25, 0.3) is 0 Å². The number of rotatable bonds is 4. The van der Waals surface area contributed by atoms with Crippen molar-refractivity contribution in [2.75, 3.05) is 5.43 Å². The van der Waals surface area contributed by atoms with E-state index in [0.717, 1.165) is 17.0 Å². The molecule has 7 heteroatoms. The summed E-state index contributed by atoms with van der Waals surface area (Å²) in [6, 6.07) is 15.5. The van der Waals surface area contributed by atoms with Gasteiger partial charge in [0, 0.05) is 25.5 Å². The molecule has 0 radical (unpaired) electrons. The molecule has 3 aromatic rings. The number of H-pyrrole nitrogens is 1.